The van der Waals surface area contributed by atoms with Crippen LogP contribution in [0.2, 0.25) is 0 Å². The lowest BCUT2D eigenvalue weighted by atomic mass is 10.2. The first-order valence-corrected chi connectivity index (χ1v) is 8.22. The summed E-state index contributed by atoms with van der Waals surface area (Å²) in [6.07, 6.45) is 3.50. The van der Waals surface area contributed by atoms with Gasteiger partial charge in [0.25, 0.3) is 5.91 Å². The Hall–Kier alpha value is -3.48. The largest absolute Gasteiger partial charge is 0.361 e. The van der Waals surface area contributed by atoms with Crippen LogP contribution in [0.3, 0.4) is 0 Å². The second kappa shape index (κ2) is 6.44. The van der Waals surface area contributed by atoms with E-state index >= 15 is 0 Å². The lowest BCUT2D eigenvalue weighted by molar-refractivity contribution is 0.0949. The third-order valence-electron chi connectivity index (χ3n) is 4.22. The molecule has 0 spiro atoms. The number of pyridine rings is 1. The second-order valence-electron chi connectivity index (χ2n) is 6.01. The van der Waals surface area contributed by atoms with Gasteiger partial charge in [-0.25, -0.2) is 9.97 Å². The predicted molar refractivity (Wildman–Crippen MR) is 96.0 cm³/mol. The summed E-state index contributed by atoms with van der Waals surface area (Å²) in [5.41, 5.74) is 3.89. The van der Waals surface area contributed by atoms with Crippen LogP contribution in [0.5, 0.6) is 0 Å². The van der Waals surface area contributed by atoms with Gasteiger partial charge in [0.15, 0.2) is 0 Å². The summed E-state index contributed by atoms with van der Waals surface area (Å²) in [5, 5.41) is 6.67. The van der Waals surface area contributed by atoms with E-state index in [1.807, 2.05) is 41.0 Å². The van der Waals surface area contributed by atoms with E-state index in [4.69, 9.17) is 4.52 Å². The Labute approximate surface area is 149 Å². The minimum absolute atomic E-state index is 0.203. The smallest absolute Gasteiger partial charge is 0.257 e. The average Bonchev–Trinajstić information content (AvgIpc) is 3.23. The number of fused-ring (bicyclic) bond motifs is 1. The third-order valence-corrected chi connectivity index (χ3v) is 4.22. The maximum atomic E-state index is 12.3. The molecule has 0 fully saturated rings. The van der Waals surface area contributed by atoms with Crippen molar-refractivity contribution in [1.82, 2.24) is 25.0 Å². The molecule has 4 rings (SSSR count). The number of imidazole rings is 1. The molecule has 130 valence electrons. The van der Waals surface area contributed by atoms with E-state index in [-0.39, 0.29) is 5.91 Å². The number of hydrogen-bond acceptors (Lipinski definition) is 5. The molecular weight excluding hydrogens is 330 g/mol. The van der Waals surface area contributed by atoms with Crippen molar-refractivity contribution in [3.8, 4) is 5.82 Å². The van der Waals surface area contributed by atoms with E-state index in [1.54, 1.807) is 26.4 Å². The molecule has 3 heterocycles. The van der Waals surface area contributed by atoms with Gasteiger partial charge in [0, 0.05) is 12.7 Å². The summed E-state index contributed by atoms with van der Waals surface area (Å²) < 4.78 is 6.96. The maximum absolute atomic E-state index is 12.3. The van der Waals surface area contributed by atoms with Crippen molar-refractivity contribution < 1.29 is 9.32 Å². The Bertz CT molecular complexity index is 1060. The van der Waals surface area contributed by atoms with Gasteiger partial charge >= 0.3 is 0 Å². The molecule has 0 saturated carbocycles. The molecule has 1 aromatic carbocycles. The number of carbonyl (C=O) groups excluding carboxylic acids is 1. The zero-order valence-corrected chi connectivity index (χ0v) is 14.4. The first-order chi connectivity index (χ1) is 12.6. The molecule has 7 nitrogen and oxygen atoms in total. The summed E-state index contributed by atoms with van der Waals surface area (Å²) in [4.78, 5) is 21.1. The average molecular weight is 347 g/mol. The van der Waals surface area contributed by atoms with Crippen LogP contribution in [-0.4, -0.2) is 25.6 Å². The quantitative estimate of drug-likeness (QED) is 0.613. The predicted octanol–water partition coefficient (Wildman–Crippen LogP) is 2.96. The summed E-state index contributed by atoms with van der Waals surface area (Å²) in [6, 6.07) is 11.7. The fourth-order valence-corrected chi connectivity index (χ4v) is 2.88. The number of carbonyl (C=O) groups is 1. The van der Waals surface area contributed by atoms with Crippen molar-refractivity contribution in [3.05, 3.63) is 71.5 Å². The monoisotopic (exact) mass is 347 g/mol. The minimum Gasteiger partial charge on any atom is -0.361 e. The Morgan fingerprint density at radius 1 is 1.15 bits per heavy atom. The standard InChI is InChI=1S/C19H17N5O2/c1-12-18(13(2)26-23-12)19(25)21-10-14-7-8-17(20-9-14)24-11-22-15-5-3-4-6-16(15)24/h3-9,11H,10H2,1-2H3,(H,21,25). The Balaban J connectivity index is 1.49. The highest BCUT2D eigenvalue weighted by atomic mass is 16.5. The van der Waals surface area contributed by atoms with E-state index in [2.05, 4.69) is 20.4 Å². The number of benzene rings is 1. The van der Waals surface area contributed by atoms with E-state index in [1.165, 1.54) is 0 Å². The molecule has 26 heavy (non-hydrogen) atoms. The van der Waals surface area contributed by atoms with Crippen molar-refractivity contribution in [2.75, 3.05) is 0 Å². The van der Waals surface area contributed by atoms with Gasteiger partial charge in [0.05, 0.1) is 16.7 Å². The van der Waals surface area contributed by atoms with Gasteiger partial charge in [0.1, 0.15) is 23.5 Å². The van der Waals surface area contributed by atoms with Crippen LogP contribution in [0.4, 0.5) is 0 Å². The summed E-state index contributed by atoms with van der Waals surface area (Å²) in [5.74, 6) is 1.09. The van der Waals surface area contributed by atoms with Gasteiger partial charge in [0.2, 0.25) is 0 Å². The minimum atomic E-state index is -0.203. The molecule has 3 aromatic heterocycles. The molecule has 0 aliphatic heterocycles. The van der Waals surface area contributed by atoms with Crippen LogP contribution < -0.4 is 5.32 Å². The van der Waals surface area contributed by atoms with Crippen LogP contribution >= 0.6 is 0 Å². The molecule has 0 unspecified atom stereocenters. The molecule has 4 aromatic rings. The number of amides is 1. The number of nitrogens with zero attached hydrogens (tertiary/aromatic N) is 4. The third kappa shape index (κ3) is 2.83. The Morgan fingerprint density at radius 2 is 2.00 bits per heavy atom. The normalized spacial score (nSPS) is 11.0. The van der Waals surface area contributed by atoms with Crippen LogP contribution in [0.25, 0.3) is 16.9 Å². The molecule has 1 N–H and O–H groups in total. The molecule has 0 atom stereocenters. The van der Waals surface area contributed by atoms with Gasteiger partial charge in [-0.05, 0) is 37.6 Å². The fourth-order valence-electron chi connectivity index (χ4n) is 2.88. The number of hydrogen-bond donors (Lipinski definition) is 1. The number of aryl methyl sites for hydroxylation is 2. The molecule has 0 aliphatic carbocycles. The number of para-hydroxylation sites is 2. The molecule has 7 heteroatoms. The lowest BCUT2D eigenvalue weighted by Gasteiger charge is -2.07. The molecule has 0 bridgehead atoms. The van der Waals surface area contributed by atoms with Crippen molar-refractivity contribution in [2.24, 2.45) is 0 Å². The molecule has 0 radical (unpaired) electrons. The van der Waals surface area contributed by atoms with E-state index in [9.17, 15) is 4.79 Å². The number of nitrogens with one attached hydrogen (secondary N) is 1. The van der Waals surface area contributed by atoms with E-state index in [0.717, 1.165) is 22.4 Å². The van der Waals surface area contributed by atoms with Crippen molar-refractivity contribution in [2.45, 2.75) is 20.4 Å². The molecule has 0 saturated heterocycles. The highest BCUT2D eigenvalue weighted by Crippen LogP contribution is 2.17. The first kappa shape index (κ1) is 16.0. The number of rotatable bonds is 4. The summed E-state index contributed by atoms with van der Waals surface area (Å²) in [7, 11) is 0. The first-order valence-electron chi connectivity index (χ1n) is 8.22. The Kier molecular flexibility index (Phi) is 3.96. The fraction of sp³-hybridized carbons (Fsp3) is 0.158. The van der Waals surface area contributed by atoms with Crippen LogP contribution in [-0.2, 0) is 6.54 Å². The van der Waals surface area contributed by atoms with E-state index < -0.39 is 0 Å². The lowest BCUT2D eigenvalue weighted by Crippen LogP contribution is -2.23. The topological polar surface area (TPSA) is 85.8 Å². The zero-order valence-electron chi connectivity index (χ0n) is 14.4. The highest BCUT2D eigenvalue weighted by Gasteiger charge is 2.17. The van der Waals surface area contributed by atoms with Crippen LogP contribution in [0, 0.1) is 13.8 Å². The van der Waals surface area contributed by atoms with Crippen LogP contribution in [0.15, 0.2) is 53.4 Å². The molecule has 0 aliphatic rings. The SMILES string of the molecule is Cc1noc(C)c1C(=O)NCc1ccc(-n2cnc3ccccc32)nc1. The van der Waals surface area contributed by atoms with Crippen molar-refractivity contribution in [3.63, 3.8) is 0 Å². The summed E-state index contributed by atoms with van der Waals surface area (Å²) in [6.45, 7) is 3.85. The van der Waals surface area contributed by atoms with Gasteiger partial charge in [-0.3, -0.25) is 9.36 Å². The van der Waals surface area contributed by atoms with Gasteiger partial charge < -0.3 is 9.84 Å². The highest BCUT2D eigenvalue weighted by molar-refractivity contribution is 5.96. The van der Waals surface area contributed by atoms with Crippen LogP contribution in [0.1, 0.15) is 27.4 Å². The van der Waals surface area contributed by atoms with Gasteiger partial charge in [-0.2, -0.15) is 0 Å². The molecule has 1 amide bonds. The zero-order chi connectivity index (χ0) is 18.1. The van der Waals surface area contributed by atoms with Crippen molar-refractivity contribution >= 4 is 16.9 Å². The van der Waals surface area contributed by atoms with Gasteiger partial charge in [-0.15, -0.1) is 0 Å². The maximum Gasteiger partial charge on any atom is 0.257 e. The Morgan fingerprint density at radius 3 is 2.73 bits per heavy atom. The second-order valence-corrected chi connectivity index (χ2v) is 6.01. The number of aromatic nitrogens is 4. The van der Waals surface area contributed by atoms with E-state index in [0.29, 0.717) is 23.6 Å². The molecular formula is C19H17N5O2. The summed E-state index contributed by atoms with van der Waals surface area (Å²) >= 11 is 0. The van der Waals surface area contributed by atoms with Gasteiger partial charge in [-0.1, -0.05) is 23.4 Å². The van der Waals surface area contributed by atoms with Crippen molar-refractivity contribution in [1.29, 1.82) is 0 Å².